The van der Waals surface area contributed by atoms with Gasteiger partial charge in [-0.3, -0.25) is 9.59 Å². The summed E-state index contributed by atoms with van der Waals surface area (Å²) in [4.78, 5) is 26.6. The average molecular weight is 386 g/mol. The molecule has 2 aromatic rings. The van der Waals surface area contributed by atoms with Gasteiger partial charge in [-0.05, 0) is 54.8 Å². The van der Waals surface area contributed by atoms with E-state index < -0.39 is 9.84 Å². The van der Waals surface area contributed by atoms with Gasteiger partial charge in [-0.15, -0.1) is 0 Å². The fourth-order valence-electron chi connectivity index (χ4n) is 3.01. The zero-order valence-corrected chi connectivity index (χ0v) is 16.0. The molecule has 2 aromatic carbocycles. The van der Waals surface area contributed by atoms with E-state index in [4.69, 9.17) is 0 Å². The van der Waals surface area contributed by atoms with Gasteiger partial charge in [0.1, 0.15) is 0 Å². The van der Waals surface area contributed by atoms with Crippen LogP contribution in [0.25, 0.3) is 0 Å². The summed E-state index contributed by atoms with van der Waals surface area (Å²) in [6, 6.07) is 13.0. The molecule has 0 aliphatic carbocycles. The van der Waals surface area contributed by atoms with Crippen LogP contribution in [0.4, 0.5) is 0 Å². The van der Waals surface area contributed by atoms with Gasteiger partial charge in [0.05, 0.1) is 4.90 Å². The van der Waals surface area contributed by atoms with E-state index in [0.717, 1.165) is 37.8 Å². The van der Waals surface area contributed by atoms with Gasteiger partial charge in [0.15, 0.2) is 9.84 Å². The van der Waals surface area contributed by atoms with Crippen LogP contribution in [0.2, 0.25) is 0 Å². The molecule has 7 heteroatoms. The molecule has 1 heterocycles. The van der Waals surface area contributed by atoms with E-state index in [0.29, 0.717) is 17.7 Å². The minimum absolute atomic E-state index is 0.0500. The third kappa shape index (κ3) is 4.74. The minimum atomic E-state index is -3.28. The first kappa shape index (κ1) is 19.1. The van der Waals surface area contributed by atoms with E-state index in [1.807, 2.05) is 17.0 Å². The van der Waals surface area contributed by atoms with Crippen LogP contribution in [0.5, 0.6) is 0 Å². The first-order valence-electron chi connectivity index (χ1n) is 8.81. The Bertz CT molecular complexity index is 929. The van der Waals surface area contributed by atoms with Gasteiger partial charge in [-0.25, -0.2) is 8.42 Å². The van der Waals surface area contributed by atoms with Crippen molar-refractivity contribution >= 4 is 21.7 Å². The number of benzene rings is 2. The van der Waals surface area contributed by atoms with Crippen molar-refractivity contribution in [2.45, 2.75) is 24.3 Å². The summed E-state index contributed by atoms with van der Waals surface area (Å²) < 4.78 is 22.9. The molecule has 1 aliphatic rings. The summed E-state index contributed by atoms with van der Waals surface area (Å²) in [6.07, 6.45) is 3.24. The molecule has 0 aromatic heterocycles. The van der Waals surface area contributed by atoms with Crippen LogP contribution in [-0.4, -0.2) is 44.5 Å². The molecule has 3 rings (SSSR count). The number of nitrogens with zero attached hydrogens (tertiary/aromatic N) is 1. The fraction of sp³-hybridized carbons (Fsp3) is 0.300. The first-order chi connectivity index (χ1) is 12.8. The molecule has 0 unspecified atom stereocenters. The van der Waals surface area contributed by atoms with Gasteiger partial charge in [0.2, 0.25) is 0 Å². The summed E-state index contributed by atoms with van der Waals surface area (Å²) >= 11 is 0. The molecule has 0 saturated carbocycles. The number of rotatable bonds is 5. The summed E-state index contributed by atoms with van der Waals surface area (Å²) in [7, 11) is -3.28. The molecule has 1 saturated heterocycles. The lowest BCUT2D eigenvalue weighted by molar-refractivity contribution is 0.0792. The third-order valence-electron chi connectivity index (χ3n) is 4.59. The summed E-state index contributed by atoms with van der Waals surface area (Å²) in [5.41, 5.74) is 1.93. The topological polar surface area (TPSA) is 83.5 Å². The molecule has 1 fully saturated rings. The third-order valence-corrected chi connectivity index (χ3v) is 5.72. The zero-order valence-electron chi connectivity index (χ0n) is 15.1. The lowest BCUT2D eigenvalue weighted by atomic mass is 10.1. The van der Waals surface area contributed by atoms with E-state index in [1.165, 1.54) is 24.3 Å². The smallest absolute Gasteiger partial charge is 0.253 e. The normalized spacial score (nSPS) is 14.2. The Hall–Kier alpha value is -2.67. The number of hydrogen-bond acceptors (Lipinski definition) is 4. The van der Waals surface area contributed by atoms with Gasteiger partial charge in [0.25, 0.3) is 11.8 Å². The summed E-state index contributed by atoms with van der Waals surface area (Å²) in [6.45, 7) is 1.95. The molecule has 1 aliphatic heterocycles. The Kier molecular flexibility index (Phi) is 5.60. The van der Waals surface area contributed by atoms with Crippen molar-refractivity contribution in [2.24, 2.45) is 0 Å². The highest BCUT2D eigenvalue weighted by molar-refractivity contribution is 7.90. The average Bonchev–Trinajstić information content (AvgIpc) is 3.20. The van der Waals surface area contributed by atoms with Crippen LogP contribution >= 0.6 is 0 Å². The van der Waals surface area contributed by atoms with Crippen LogP contribution < -0.4 is 5.32 Å². The first-order valence-corrected chi connectivity index (χ1v) is 10.7. The molecular formula is C20H22N2O4S. The van der Waals surface area contributed by atoms with Gasteiger partial charge < -0.3 is 10.2 Å². The molecule has 27 heavy (non-hydrogen) atoms. The highest BCUT2D eigenvalue weighted by atomic mass is 32.2. The summed E-state index contributed by atoms with van der Waals surface area (Å²) in [5.74, 6) is -0.235. The van der Waals surface area contributed by atoms with Gasteiger partial charge in [0, 0.05) is 37.0 Å². The highest BCUT2D eigenvalue weighted by Crippen LogP contribution is 2.14. The van der Waals surface area contributed by atoms with E-state index in [1.54, 1.807) is 12.1 Å². The van der Waals surface area contributed by atoms with Crippen molar-refractivity contribution in [3.8, 4) is 0 Å². The van der Waals surface area contributed by atoms with Crippen molar-refractivity contribution in [1.82, 2.24) is 10.2 Å². The molecule has 142 valence electrons. The molecule has 0 atom stereocenters. The van der Waals surface area contributed by atoms with Gasteiger partial charge >= 0.3 is 0 Å². The van der Waals surface area contributed by atoms with Crippen molar-refractivity contribution in [3.05, 3.63) is 65.2 Å². The molecule has 6 nitrogen and oxygen atoms in total. The van der Waals surface area contributed by atoms with Gasteiger partial charge in [-0.1, -0.05) is 12.1 Å². The predicted octanol–water partition coefficient (Wildman–Crippen LogP) is 2.26. The quantitative estimate of drug-likeness (QED) is 0.854. The lowest BCUT2D eigenvalue weighted by Crippen LogP contribution is -2.27. The zero-order chi connectivity index (χ0) is 19.4. The second-order valence-electron chi connectivity index (χ2n) is 6.68. The Morgan fingerprint density at radius 1 is 0.926 bits per heavy atom. The van der Waals surface area contributed by atoms with E-state index in [9.17, 15) is 18.0 Å². The maximum atomic E-state index is 12.3. The molecule has 0 radical (unpaired) electrons. The van der Waals surface area contributed by atoms with E-state index >= 15 is 0 Å². The Morgan fingerprint density at radius 2 is 1.48 bits per heavy atom. The fourth-order valence-corrected chi connectivity index (χ4v) is 3.64. The molecule has 0 spiro atoms. The van der Waals surface area contributed by atoms with Crippen LogP contribution in [0.3, 0.4) is 0 Å². The van der Waals surface area contributed by atoms with Crippen LogP contribution in [-0.2, 0) is 16.4 Å². The maximum Gasteiger partial charge on any atom is 0.253 e. The van der Waals surface area contributed by atoms with Crippen molar-refractivity contribution in [1.29, 1.82) is 0 Å². The number of likely N-dealkylation sites (tertiary alicyclic amines) is 1. The second kappa shape index (κ2) is 7.92. The maximum absolute atomic E-state index is 12.3. The van der Waals surface area contributed by atoms with Crippen LogP contribution in [0.15, 0.2) is 53.4 Å². The monoisotopic (exact) mass is 386 g/mol. The van der Waals surface area contributed by atoms with Crippen LogP contribution in [0, 0.1) is 0 Å². The largest absolute Gasteiger partial charge is 0.348 e. The number of nitrogens with one attached hydrogen (secondary N) is 1. The minimum Gasteiger partial charge on any atom is -0.348 e. The number of sulfone groups is 1. The lowest BCUT2D eigenvalue weighted by Gasteiger charge is -2.15. The Balaban J connectivity index is 1.58. The highest BCUT2D eigenvalue weighted by Gasteiger charge is 2.19. The van der Waals surface area contributed by atoms with Crippen molar-refractivity contribution < 1.29 is 18.0 Å². The number of carbonyl (C=O) groups is 2. The second-order valence-corrected chi connectivity index (χ2v) is 8.69. The van der Waals surface area contributed by atoms with E-state index in [2.05, 4.69) is 5.32 Å². The summed E-state index contributed by atoms with van der Waals surface area (Å²) in [5, 5.41) is 2.79. The Morgan fingerprint density at radius 3 is 2.04 bits per heavy atom. The van der Waals surface area contributed by atoms with E-state index in [-0.39, 0.29) is 16.7 Å². The van der Waals surface area contributed by atoms with Gasteiger partial charge in [-0.2, -0.15) is 0 Å². The number of hydrogen-bond donors (Lipinski definition) is 1. The standard InChI is InChI=1S/C20H22N2O4S/c1-27(25,26)18-10-8-16(9-11-18)19(23)21-14-15-4-6-17(7-5-15)20(24)22-12-2-3-13-22/h4-11H,2-3,12-14H2,1H3,(H,21,23). The molecule has 1 N–H and O–H groups in total. The van der Waals surface area contributed by atoms with Crippen molar-refractivity contribution in [2.75, 3.05) is 19.3 Å². The predicted molar refractivity (Wildman–Crippen MR) is 102 cm³/mol. The Labute approximate surface area is 159 Å². The molecule has 0 bridgehead atoms. The molecule has 2 amide bonds. The number of carbonyl (C=O) groups excluding carboxylic acids is 2. The van der Waals surface area contributed by atoms with Crippen molar-refractivity contribution in [3.63, 3.8) is 0 Å². The molecular weight excluding hydrogens is 364 g/mol. The SMILES string of the molecule is CS(=O)(=O)c1ccc(C(=O)NCc2ccc(C(=O)N3CCCC3)cc2)cc1. The number of amides is 2. The van der Waals surface area contributed by atoms with Crippen LogP contribution in [0.1, 0.15) is 39.1 Å².